The van der Waals surface area contributed by atoms with E-state index in [2.05, 4.69) is 5.11 Å². The maximum Gasteiger partial charge on any atom is 0.0880 e. The van der Waals surface area contributed by atoms with Crippen LogP contribution >= 0.6 is 0 Å². The fourth-order valence-electron chi connectivity index (χ4n) is 1.04. The lowest BCUT2D eigenvalue weighted by Crippen LogP contribution is -2.08. The molecule has 0 aliphatic rings. The molecule has 0 amide bonds. The van der Waals surface area contributed by atoms with Gasteiger partial charge in [0, 0.05) is 19.8 Å². The van der Waals surface area contributed by atoms with Crippen LogP contribution in [-0.4, -0.2) is 14.1 Å². The smallest absolute Gasteiger partial charge is 0.0880 e. The van der Waals surface area contributed by atoms with Gasteiger partial charge in [-0.3, -0.25) is 0 Å². The van der Waals surface area contributed by atoms with Gasteiger partial charge in [-0.1, -0.05) is 0 Å². The summed E-state index contributed by atoms with van der Waals surface area (Å²) in [6.07, 6.45) is 0. The Balaban J connectivity index is 3.10. The van der Waals surface area contributed by atoms with Crippen molar-refractivity contribution in [3.05, 3.63) is 23.8 Å². The number of aryl methyl sites for hydroxylation is 1. The van der Waals surface area contributed by atoms with Crippen molar-refractivity contribution in [2.24, 2.45) is 5.11 Å². The number of benzene rings is 1. The van der Waals surface area contributed by atoms with Gasteiger partial charge in [0.1, 0.15) is 0 Å². The van der Waals surface area contributed by atoms with Crippen LogP contribution in [0.25, 0.3) is 0 Å². The molecule has 0 saturated heterocycles. The van der Waals surface area contributed by atoms with E-state index in [4.69, 9.17) is 5.53 Å². The Bertz CT molecular complexity index is 292. The SMILES string of the molecule is Cc1cc(N(C)C)ccc1N=N. The zero-order valence-corrected chi connectivity index (χ0v) is 7.63. The second kappa shape index (κ2) is 3.34. The number of anilines is 1. The van der Waals surface area contributed by atoms with Gasteiger partial charge in [-0.25, -0.2) is 5.53 Å². The van der Waals surface area contributed by atoms with Gasteiger partial charge in [0.25, 0.3) is 0 Å². The molecular weight excluding hydrogens is 150 g/mol. The predicted octanol–water partition coefficient (Wildman–Crippen LogP) is 2.72. The lowest BCUT2D eigenvalue weighted by Gasteiger charge is -2.13. The summed E-state index contributed by atoms with van der Waals surface area (Å²) in [5.74, 6) is 0. The molecule has 1 rings (SSSR count). The van der Waals surface area contributed by atoms with Crippen LogP contribution in [0, 0.1) is 12.5 Å². The van der Waals surface area contributed by atoms with Gasteiger partial charge in [-0.15, -0.1) is 0 Å². The van der Waals surface area contributed by atoms with Crippen molar-refractivity contribution in [1.29, 1.82) is 5.53 Å². The van der Waals surface area contributed by atoms with E-state index in [1.807, 2.05) is 44.1 Å². The van der Waals surface area contributed by atoms with E-state index in [1.165, 1.54) is 0 Å². The van der Waals surface area contributed by atoms with Crippen molar-refractivity contribution in [3.63, 3.8) is 0 Å². The highest BCUT2D eigenvalue weighted by Crippen LogP contribution is 2.22. The zero-order chi connectivity index (χ0) is 9.14. The van der Waals surface area contributed by atoms with Crippen molar-refractivity contribution < 1.29 is 0 Å². The van der Waals surface area contributed by atoms with Crippen LogP contribution in [-0.2, 0) is 0 Å². The van der Waals surface area contributed by atoms with Crippen LogP contribution in [0.1, 0.15) is 5.56 Å². The van der Waals surface area contributed by atoms with Crippen LogP contribution in [0.4, 0.5) is 11.4 Å². The second-order valence-electron chi connectivity index (χ2n) is 2.98. The van der Waals surface area contributed by atoms with Gasteiger partial charge in [0.05, 0.1) is 5.69 Å². The molecule has 0 bridgehead atoms. The van der Waals surface area contributed by atoms with E-state index in [1.54, 1.807) is 0 Å². The minimum absolute atomic E-state index is 0.737. The predicted molar refractivity (Wildman–Crippen MR) is 50.3 cm³/mol. The largest absolute Gasteiger partial charge is 0.378 e. The summed E-state index contributed by atoms with van der Waals surface area (Å²) >= 11 is 0. The first-order valence-electron chi connectivity index (χ1n) is 3.80. The van der Waals surface area contributed by atoms with Crippen molar-refractivity contribution >= 4 is 11.4 Å². The first kappa shape index (κ1) is 8.71. The average Bonchev–Trinajstić information content (AvgIpc) is 2.04. The maximum atomic E-state index is 6.87. The average molecular weight is 163 g/mol. The molecule has 0 unspecified atom stereocenters. The molecule has 0 atom stereocenters. The summed E-state index contributed by atoms with van der Waals surface area (Å²) < 4.78 is 0. The Morgan fingerprint density at radius 3 is 2.42 bits per heavy atom. The summed E-state index contributed by atoms with van der Waals surface area (Å²) in [7, 11) is 3.98. The lowest BCUT2D eigenvalue weighted by atomic mass is 10.2. The third-order valence-corrected chi connectivity index (χ3v) is 1.82. The topological polar surface area (TPSA) is 39.5 Å². The highest BCUT2D eigenvalue weighted by molar-refractivity contribution is 5.56. The first-order chi connectivity index (χ1) is 5.65. The monoisotopic (exact) mass is 163 g/mol. The Labute approximate surface area is 72.5 Å². The molecule has 3 heteroatoms. The van der Waals surface area contributed by atoms with E-state index in [0.29, 0.717) is 0 Å². The molecule has 0 aliphatic heterocycles. The van der Waals surface area contributed by atoms with Crippen LogP contribution in [0.3, 0.4) is 0 Å². The van der Waals surface area contributed by atoms with Gasteiger partial charge in [0.15, 0.2) is 0 Å². The van der Waals surface area contributed by atoms with Gasteiger partial charge in [-0.2, -0.15) is 5.11 Å². The molecule has 64 valence electrons. The molecule has 0 radical (unpaired) electrons. The summed E-state index contributed by atoms with van der Waals surface area (Å²) in [6.45, 7) is 1.96. The van der Waals surface area contributed by atoms with Gasteiger partial charge >= 0.3 is 0 Å². The quantitative estimate of drug-likeness (QED) is 0.669. The van der Waals surface area contributed by atoms with E-state index >= 15 is 0 Å². The van der Waals surface area contributed by atoms with Gasteiger partial charge in [0.2, 0.25) is 0 Å². The maximum absolute atomic E-state index is 6.87. The number of nitrogens with zero attached hydrogens (tertiary/aromatic N) is 2. The molecule has 0 aromatic heterocycles. The summed E-state index contributed by atoms with van der Waals surface area (Å²) in [4.78, 5) is 2.03. The van der Waals surface area contributed by atoms with E-state index < -0.39 is 0 Å². The molecule has 3 nitrogen and oxygen atoms in total. The van der Waals surface area contributed by atoms with Crippen LogP contribution in [0.2, 0.25) is 0 Å². The van der Waals surface area contributed by atoms with E-state index in [9.17, 15) is 0 Å². The first-order valence-corrected chi connectivity index (χ1v) is 3.80. The number of nitrogens with one attached hydrogen (secondary N) is 1. The molecule has 1 aromatic rings. The standard InChI is InChI=1S/C9H13N3/c1-7-6-8(12(2)3)4-5-9(7)11-10/h4-6,10H,1-3H3. The molecule has 0 aliphatic carbocycles. The molecule has 0 fully saturated rings. The van der Waals surface area contributed by atoms with E-state index in [-0.39, 0.29) is 0 Å². The Morgan fingerprint density at radius 1 is 1.33 bits per heavy atom. The number of hydrogen-bond acceptors (Lipinski definition) is 3. The Morgan fingerprint density at radius 2 is 2.00 bits per heavy atom. The van der Waals surface area contributed by atoms with E-state index in [0.717, 1.165) is 16.9 Å². The molecule has 0 spiro atoms. The van der Waals surface area contributed by atoms with Crippen molar-refractivity contribution in [2.45, 2.75) is 6.92 Å². The summed E-state index contributed by atoms with van der Waals surface area (Å²) in [6, 6.07) is 5.84. The molecule has 0 saturated carbocycles. The van der Waals surface area contributed by atoms with Crippen LogP contribution < -0.4 is 4.90 Å². The molecule has 12 heavy (non-hydrogen) atoms. The van der Waals surface area contributed by atoms with Gasteiger partial charge in [-0.05, 0) is 30.7 Å². The molecule has 0 heterocycles. The fourth-order valence-corrected chi connectivity index (χ4v) is 1.04. The molecule has 1 aromatic carbocycles. The molecule has 1 N–H and O–H groups in total. The highest BCUT2D eigenvalue weighted by Gasteiger charge is 1.99. The minimum Gasteiger partial charge on any atom is -0.378 e. The van der Waals surface area contributed by atoms with Crippen LogP contribution in [0.5, 0.6) is 0 Å². The van der Waals surface area contributed by atoms with Gasteiger partial charge < -0.3 is 4.90 Å². The fraction of sp³-hybridized carbons (Fsp3) is 0.333. The lowest BCUT2D eigenvalue weighted by molar-refractivity contribution is 1.11. The molecular formula is C9H13N3. The number of hydrogen-bond donors (Lipinski definition) is 1. The number of rotatable bonds is 2. The Hall–Kier alpha value is -1.38. The van der Waals surface area contributed by atoms with Crippen molar-refractivity contribution in [3.8, 4) is 0 Å². The minimum atomic E-state index is 0.737. The Kier molecular flexibility index (Phi) is 2.43. The van der Waals surface area contributed by atoms with Crippen molar-refractivity contribution in [2.75, 3.05) is 19.0 Å². The highest BCUT2D eigenvalue weighted by atomic mass is 15.1. The third-order valence-electron chi connectivity index (χ3n) is 1.82. The normalized spacial score (nSPS) is 9.58. The zero-order valence-electron chi connectivity index (χ0n) is 7.63. The van der Waals surface area contributed by atoms with Crippen LogP contribution in [0.15, 0.2) is 23.3 Å². The van der Waals surface area contributed by atoms with Crippen molar-refractivity contribution in [1.82, 2.24) is 0 Å². The summed E-state index contributed by atoms with van der Waals surface area (Å²) in [5.41, 5.74) is 9.79. The summed E-state index contributed by atoms with van der Waals surface area (Å²) in [5, 5.41) is 3.40. The third kappa shape index (κ3) is 1.61. The second-order valence-corrected chi connectivity index (χ2v) is 2.98.